The van der Waals surface area contributed by atoms with E-state index in [1.165, 1.54) is 12.1 Å². The maximum absolute atomic E-state index is 14.1. The molecule has 4 rings (SSSR count). The molecule has 1 saturated carbocycles. The first kappa shape index (κ1) is 23.5. The van der Waals surface area contributed by atoms with Crippen LogP contribution in [-0.4, -0.2) is 69.9 Å². The van der Waals surface area contributed by atoms with Gasteiger partial charge in [-0.15, -0.1) is 0 Å². The zero-order valence-corrected chi connectivity index (χ0v) is 20.6. The lowest BCUT2D eigenvalue weighted by atomic mass is 10.1. The van der Waals surface area contributed by atoms with E-state index < -0.39 is 0 Å². The third-order valence-corrected chi connectivity index (χ3v) is 6.39. The summed E-state index contributed by atoms with van der Waals surface area (Å²) in [6.07, 6.45) is 2.05. The smallest absolute Gasteiger partial charge is 0.318 e. The summed E-state index contributed by atoms with van der Waals surface area (Å²) in [6.45, 7) is 15.4. The summed E-state index contributed by atoms with van der Waals surface area (Å²) in [5.74, 6) is 0.691. The van der Waals surface area contributed by atoms with Crippen LogP contribution in [0.25, 0.3) is 5.69 Å². The van der Waals surface area contributed by atoms with Crippen LogP contribution in [0.5, 0.6) is 0 Å². The predicted molar refractivity (Wildman–Crippen MR) is 129 cm³/mol. The molecule has 2 heterocycles. The first-order valence-electron chi connectivity index (χ1n) is 12.1. The second kappa shape index (κ2) is 9.33. The standard InChI is InChI=1S/C25H37FN6O/c1-6-29-12-14-30(15-13-29)23-22(17-31(20-10-11-20)24(33)27-25(3,4)5)18(2)28-32(23)21-9-7-8-19(26)16-21/h7-9,16,20H,6,10-15,17H2,1-5H3,(H,27,33). The summed E-state index contributed by atoms with van der Waals surface area (Å²) in [7, 11) is 0. The highest BCUT2D eigenvalue weighted by atomic mass is 19.1. The largest absolute Gasteiger partial charge is 0.354 e. The van der Waals surface area contributed by atoms with Gasteiger partial charge < -0.3 is 20.0 Å². The Hall–Kier alpha value is -2.61. The van der Waals surface area contributed by atoms with Crippen molar-refractivity contribution in [3.63, 3.8) is 0 Å². The Morgan fingerprint density at radius 3 is 2.48 bits per heavy atom. The number of piperazine rings is 1. The Labute approximate surface area is 196 Å². The quantitative estimate of drug-likeness (QED) is 0.716. The van der Waals surface area contributed by atoms with Crippen LogP contribution in [0.2, 0.25) is 0 Å². The van der Waals surface area contributed by atoms with Crippen molar-refractivity contribution in [2.75, 3.05) is 37.6 Å². The van der Waals surface area contributed by atoms with Gasteiger partial charge in [-0.1, -0.05) is 13.0 Å². The van der Waals surface area contributed by atoms with Crippen LogP contribution in [0.3, 0.4) is 0 Å². The number of halogens is 1. The summed E-state index contributed by atoms with van der Waals surface area (Å²) in [6, 6.07) is 6.79. The fourth-order valence-corrected chi connectivity index (χ4v) is 4.44. The number of rotatable bonds is 6. The zero-order valence-electron chi connectivity index (χ0n) is 20.6. The Morgan fingerprint density at radius 1 is 1.21 bits per heavy atom. The number of likely N-dealkylation sites (N-methyl/N-ethyl adjacent to an activating group) is 1. The third kappa shape index (κ3) is 5.49. The van der Waals surface area contributed by atoms with E-state index in [9.17, 15) is 9.18 Å². The van der Waals surface area contributed by atoms with Gasteiger partial charge in [-0.3, -0.25) is 0 Å². The van der Waals surface area contributed by atoms with Crippen molar-refractivity contribution in [1.29, 1.82) is 0 Å². The van der Waals surface area contributed by atoms with E-state index in [2.05, 4.69) is 22.0 Å². The summed E-state index contributed by atoms with van der Waals surface area (Å²) < 4.78 is 16.0. The van der Waals surface area contributed by atoms with Crippen LogP contribution in [0.15, 0.2) is 24.3 Å². The third-order valence-electron chi connectivity index (χ3n) is 6.39. The van der Waals surface area contributed by atoms with E-state index >= 15 is 0 Å². The van der Waals surface area contributed by atoms with E-state index in [4.69, 9.17) is 5.10 Å². The van der Waals surface area contributed by atoms with Crippen molar-refractivity contribution in [3.05, 3.63) is 41.3 Å². The number of amides is 2. The molecule has 2 fully saturated rings. The monoisotopic (exact) mass is 456 g/mol. The van der Waals surface area contributed by atoms with Gasteiger partial charge in [0.2, 0.25) is 0 Å². The minimum absolute atomic E-state index is 0.0374. The van der Waals surface area contributed by atoms with Crippen molar-refractivity contribution in [1.82, 2.24) is 24.9 Å². The van der Waals surface area contributed by atoms with Gasteiger partial charge in [-0.25, -0.2) is 13.9 Å². The van der Waals surface area contributed by atoms with E-state index in [1.807, 2.05) is 43.3 Å². The number of anilines is 1. The van der Waals surface area contributed by atoms with Crippen molar-refractivity contribution >= 4 is 11.8 Å². The van der Waals surface area contributed by atoms with Gasteiger partial charge in [0.1, 0.15) is 11.6 Å². The van der Waals surface area contributed by atoms with Crippen LogP contribution in [-0.2, 0) is 6.54 Å². The molecule has 0 unspecified atom stereocenters. The number of benzene rings is 1. The van der Waals surface area contributed by atoms with Gasteiger partial charge in [0.05, 0.1) is 17.9 Å². The number of nitrogens with zero attached hydrogens (tertiary/aromatic N) is 5. The van der Waals surface area contributed by atoms with Gasteiger partial charge in [0, 0.05) is 43.3 Å². The summed E-state index contributed by atoms with van der Waals surface area (Å²) >= 11 is 0. The number of aromatic nitrogens is 2. The van der Waals surface area contributed by atoms with Crippen LogP contribution >= 0.6 is 0 Å². The number of carbonyl (C=O) groups is 1. The van der Waals surface area contributed by atoms with E-state index in [0.717, 1.165) is 62.6 Å². The van der Waals surface area contributed by atoms with E-state index in [1.54, 1.807) is 6.07 Å². The summed E-state index contributed by atoms with van der Waals surface area (Å²) in [4.78, 5) is 19.9. The van der Waals surface area contributed by atoms with Crippen molar-refractivity contribution in [2.24, 2.45) is 0 Å². The molecular formula is C25H37FN6O. The minimum Gasteiger partial charge on any atom is -0.354 e. The van der Waals surface area contributed by atoms with Crippen LogP contribution < -0.4 is 10.2 Å². The number of aryl methyl sites for hydroxylation is 1. The highest BCUT2D eigenvalue weighted by Crippen LogP contribution is 2.34. The lowest BCUT2D eigenvalue weighted by Crippen LogP contribution is -2.49. The number of hydrogen-bond donors (Lipinski definition) is 1. The Kier molecular flexibility index (Phi) is 6.66. The highest BCUT2D eigenvalue weighted by molar-refractivity contribution is 5.76. The number of hydrogen-bond acceptors (Lipinski definition) is 4. The maximum atomic E-state index is 14.1. The second-order valence-corrected chi connectivity index (χ2v) is 10.2. The molecule has 1 saturated heterocycles. The average molecular weight is 457 g/mol. The van der Waals surface area contributed by atoms with Gasteiger partial charge in [0.15, 0.2) is 0 Å². The summed E-state index contributed by atoms with van der Waals surface area (Å²) in [5.41, 5.74) is 2.32. The Bertz CT molecular complexity index is 985. The molecule has 7 nitrogen and oxygen atoms in total. The molecule has 2 amide bonds. The molecule has 0 atom stereocenters. The number of carbonyl (C=O) groups excluding carboxylic acids is 1. The first-order valence-corrected chi connectivity index (χ1v) is 12.1. The lowest BCUT2D eigenvalue weighted by molar-refractivity contribution is 0.182. The fourth-order valence-electron chi connectivity index (χ4n) is 4.44. The number of nitrogens with one attached hydrogen (secondary N) is 1. The summed E-state index contributed by atoms with van der Waals surface area (Å²) in [5, 5.41) is 7.97. The highest BCUT2D eigenvalue weighted by Gasteiger charge is 2.36. The maximum Gasteiger partial charge on any atom is 0.318 e. The molecule has 1 N–H and O–H groups in total. The molecule has 33 heavy (non-hydrogen) atoms. The van der Waals surface area contributed by atoms with Crippen LogP contribution in [0, 0.1) is 12.7 Å². The van der Waals surface area contributed by atoms with Crippen LogP contribution in [0.4, 0.5) is 15.0 Å². The average Bonchev–Trinajstić information content (AvgIpc) is 3.54. The van der Waals surface area contributed by atoms with E-state index in [0.29, 0.717) is 12.2 Å². The molecule has 2 aromatic rings. The molecule has 180 valence electrons. The van der Waals surface area contributed by atoms with Gasteiger partial charge in [0.25, 0.3) is 0 Å². The molecule has 0 spiro atoms. The molecule has 2 aliphatic rings. The van der Waals surface area contributed by atoms with Gasteiger partial charge in [-0.05, 0) is 65.3 Å². The predicted octanol–water partition coefficient (Wildman–Crippen LogP) is 3.93. The molecule has 1 aromatic carbocycles. The molecule has 8 heteroatoms. The number of urea groups is 1. The Morgan fingerprint density at radius 2 is 1.91 bits per heavy atom. The Balaban J connectivity index is 1.71. The molecule has 1 aliphatic carbocycles. The first-order chi connectivity index (χ1) is 15.7. The SMILES string of the molecule is CCN1CCN(c2c(CN(C(=O)NC(C)(C)C)C3CC3)c(C)nn2-c2cccc(F)c2)CC1. The van der Waals surface area contributed by atoms with Crippen molar-refractivity contribution in [2.45, 2.75) is 65.6 Å². The van der Waals surface area contributed by atoms with Gasteiger partial charge in [-0.2, -0.15) is 5.10 Å². The van der Waals surface area contributed by atoms with Crippen molar-refractivity contribution < 1.29 is 9.18 Å². The molecule has 0 bridgehead atoms. The fraction of sp³-hybridized carbons (Fsp3) is 0.600. The topological polar surface area (TPSA) is 56.6 Å². The molecule has 1 aliphatic heterocycles. The van der Waals surface area contributed by atoms with Gasteiger partial charge >= 0.3 is 6.03 Å². The van der Waals surface area contributed by atoms with Crippen molar-refractivity contribution in [3.8, 4) is 5.69 Å². The minimum atomic E-state index is -0.301. The lowest BCUT2D eigenvalue weighted by Gasteiger charge is -2.36. The normalized spacial score (nSPS) is 17.3. The zero-order chi connectivity index (χ0) is 23.8. The molecule has 0 radical (unpaired) electrons. The molecular weight excluding hydrogens is 419 g/mol. The van der Waals surface area contributed by atoms with Crippen LogP contribution in [0.1, 0.15) is 51.8 Å². The molecule has 1 aromatic heterocycles. The second-order valence-electron chi connectivity index (χ2n) is 10.2. The van der Waals surface area contributed by atoms with E-state index in [-0.39, 0.29) is 23.4 Å².